The van der Waals surface area contributed by atoms with Gasteiger partial charge in [0.05, 0.1) is 16.8 Å². The van der Waals surface area contributed by atoms with Crippen molar-refractivity contribution in [3.05, 3.63) is 101 Å². The molecule has 2 aromatic heterocycles. The van der Waals surface area contributed by atoms with Gasteiger partial charge in [0.15, 0.2) is 0 Å². The van der Waals surface area contributed by atoms with Gasteiger partial charge in [-0.25, -0.2) is 0 Å². The van der Waals surface area contributed by atoms with Gasteiger partial charge in [-0.2, -0.15) is 0 Å². The zero-order valence-corrected chi connectivity index (χ0v) is 16.3. The minimum Gasteiger partial charge on any atom is -0.321 e. The summed E-state index contributed by atoms with van der Waals surface area (Å²) in [5, 5.41) is 8.86. The molecule has 0 amide bonds. The maximum Gasteiger partial charge on any atom is 0.325 e. The molecule has 29 heavy (non-hydrogen) atoms. The van der Waals surface area contributed by atoms with Crippen molar-refractivity contribution in [1.29, 1.82) is 0 Å². The van der Waals surface area contributed by atoms with Crippen molar-refractivity contribution in [2.24, 2.45) is 0 Å². The van der Waals surface area contributed by atoms with Crippen LogP contribution in [0.3, 0.4) is 0 Å². The summed E-state index contributed by atoms with van der Waals surface area (Å²) >= 11 is 1.51. The summed E-state index contributed by atoms with van der Waals surface area (Å²) in [6, 6.07) is 21.8. The average Bonchev–Trinajstić information content (AvgIpc) is 2.78. The second kappa shape index (κ2) is 7.52. The third kappa shape index (κ3) is 3.40. The Labute approximate surface area is 171 Å². The zero-order chi connectivity index (χ0) is 19.6. The van der Waals surface area contributed by atoms with E-state index in [9.17, 15) is 4.79 Å². The number of pyridine rings is 1. The number of H-pyrrole nitrogens is 1. The summed E-state index contributed by atoms with van der Waals surface area (Å²) in [5.41, 5.74) is 4.23. The van der Waals surface area contributed by atoms with Crippen molar-refractivity contribution in [2.45, 2.75) is 17.1 Å². The number of fused-ring (bicyclic) bond motifs is 3. The fraction of sp³-hybridized carbons (Fsp3) is 0.0909. The Bertz CT molecular complexity index is 1210. The summed E-state index contributed by atoms with van der Waals surface area (Å²) in [6.07, 6.45) is 3.22. The van der Waals surface area contributed by atoms with Gasteiger partial charge in [0.25, 0.3) is 6.17 Å². The predicted octanol–water partition coefficient (Wildman–Crippen LogP) is 3.38. The third-order valence-corrected chi connectivity index (χ3v) is 5.74. The highest BCUT2D eigenvalue weighted by Gasteiger charge is 2.37. The molecule has 0 unspecified atom stereocenters. The Hall–Kier alpha value is -3.45. The van der Waals surface area contributed by atoms with E-state index in [1.165, 1.54) is 17.3 Å². The van der Waals surface area contributed by atoms with Gasteiger partial charge in [-0.15, -0.1) is 0 Å². The molecule has 2 N–H and O–H groups in total. The molecule has 3 heterocycles. The standard InChI is InChI=1S/C22H17N5OS/c28-21-19-17-10-4-5-11-18(17)24-20(16-9-6-12-23-13-16)27(19)26-22(25-21)29-14-15-7-2-1-3-8-15/h1-13,20H,14H2,(H,25,26,28)/p+1/t20-/m0/s1. The predicted molar refractivity (Wildman–Crippen MR) is 112 cm³/mol. The smallest absolute Gasteiger partial charge is 0.321 e. The zero-order valence-electron chi connectivity index (χ0n) is 15.4. The first kappa shape index (κ1) is 17.6. The van der Waals surface area contributed by atoms with Crippen LogP contribution in [-0.2, 0) is 5.75 Å². The van der Waals surface area contributed by atoms with Gasteiger partial charge in [-0.1, -0.05) is 54.2 Å². The highest BCUT2D eigenvalue weighted by Crippen LogP contribution is 2.31. The molecule has 5 rings (SSSR count). The number of hydrogen-bond donors (Lipinski definition) is 2. The lowest BCUT2D eigenvalue weighted by Crippen LogP contribution is -2.55. The molecule has 0 aliphatic carbocycles. The molecule has 2 aromatic carbocycles. The highest BCUT2D eigenvalue weighted by molar-refractivity contribution is 7.98. The summed E-state index contributed by atoms with van der Waals surface area (Å²) < 4.78 is 1.77. The van der Waals surface area contributed by atoms with Gasteiger partial charge >= 0.3 is 11.3 Å². The van der Waals surface area contributed by atoms with Crippen LogP contribution in [0.2, 0.25) is 0 Å². The molecule has 142 valence electrons. The number of nitrogens with zero attached hydrogens (tertiary/aromatic N) is 3. The lowest BCUT2D eigenvalue weighted by atomic mass is 10.0. The van der Waals surface area contributed by atoms with Gasteiger partial charge in [0.1, 0.15) is 0 Å². The molecular formula is C22H18N5OS+. The second-order valence-corrected chi connectivity index (χ2v) is 7.67. The van der Waals surface area contributed by atoms with Gasteiger partial charge in [0.2, 0.25) is 5.16 Å². The van der Waals surface area contributed by atoms with Crippen molar-refractivity contribution in [3.63, 3.8) is 0 Å². The number of para-hydroxylation sites is 1. The molecule has 7 heteroatoms. The van der Waals surface area contributed by atoms with Gasteiger partial charge in [-0.05, 0) is 34.5 Å². The van der Waals surface area contributed by atoms with E-state index in [0.29, 0.717) is 10.9 Å². The van der Waals surface area contributed by atoms with Gasteiger partial charge in [0, 0.05) is 23.2 Å². The first-order chi connectivity index (χ1) is 14.3. The average molecular weight is 400 g/mol. The van der Waals surface area contributed by atoms with Crippen LogP contribution in [0, 0.1) is 0 Å². The van der Waals surface area contributed by atoms with Crippen molar-refractivity contribution in [3.8, 4) is 11.3 Å². The molecular weight excluding hydrogens is 382 g/mol. The van der Waals surface area contributed by atoms with Crippen LogP contribution in [0.1, 0.15) is 17.3 Å². The molecule has 0 spiro atoms. The van der Waals surface area contributed by atoms with Crippen LogP contribution in [0.5, 0.6) is 0 Å². The first-order valence-electron chi connectivity index (χ1n) is 9.28. The summed E-state index contributed by atoms with van der Waals surface area (Å²) in [4.78, 5) is 20.3. The maximum atomic E-state index is 13.1. The molecule has 0 radical (unpaired) electrons. The number of rotatable bonds is 4. The van der Waals surface area contributed by atoms with E-state index in [4.69, 9.17) is 5.10 Å². The van der Waals surface area contributed by atoms with E-state index in [-0.39, 0.29) is 11.7 Å². The molecule has 1 aliphatic heterocycles. The molecule has 0 bridgehead atoms. The van der Waals surface area contributed by atoms with Crippen molar-refractivity contribution in [1.82, 2.24) is 15.1 Å². The summed E-state index contributed by atoms with van der Waals surface area (Å²) in [6.45, 7) is 0. The van der Waals surface area contributed by atoms with Crippen LogP contribution in [0.4, 0.5) is 5.69 Å². The lowest BCUT2D eigenvalue weighted by molar-refractivity contribution is -0.759. The minimum atomic E-state index is -0.313. The van der Waals surface area contributed by atoms with E-state index < -0.39 is 0 Å². The molecule has 0 saturated heterocycles. The first-order valence-corrected chi connectivity index (χ1v) is 10.3. The normalized spacial score (nSPS) is 14.6. The number of benzene rings is 2. The molecule has 1 aliphatic rings. The van der Waals surface area contributed by atoms with Crippen LogP contribution in [0.15, 0.2) is 89.1 Å². The maximum absolute atomic E-state index is 13.1. The summed E-state index contributed by atoms with van der Waals surface area (Å²) in [7, 11) is 0. The molecule has 6 nitrogen and oxygen atoms in total. The number of nitrogens with one attached hydrogen (secondary N) is 2. The van der Waals surface area contributed by atoms with Gasteiger partial charge < -0.3 is 5.32 Å². The van der Waals surface area contributed by atoms with Crippen LogP contribution in [0.25, 0.3) is 11.3 Å². The number of anilines is 1. The molecule has 1 atom stereocenters. The fourth-order valence-electron chi connectivity index (χ4n) is 3.44. The lowest BCUT2D eigenvalue weighted by Gasteiger charge is -2.22. The Kier molecular flexibility index (Phi) is 4.57. The highest BCUT2D eigenvalue weighted by atomic mass is 32.2. The number of aromatic nitrogens is 4. The van der Waals surface area contributed by atoms with Crippen LogP contribution in [-0.4, -0.2) is 15.1 Å². The number of aromatic amines is 1. The number of thioether (sulfide) groups is 1. The monoisotopic (exact) mass is 400 g/mol. The van der Waals surface area contributed by atoms with E-state index in [0.717, 1.165) is 22.6 Å². The number of hydrogen-bond acceptors (Lipinski definition) is 5. The van der Waals surface area contributed by atoms with E-state index in [2.05, 4.69) is 27.4 Å². The Morgan fingerprint density at radius 3 is 2.66 bits per heavy atom. The fourth-order valence-corrected chi connectivity index (χ4v) is 4.25. The van der Waals surface area contributed by atoms with E-state index >= 15 is 0 Å². The Morgan fingerprint density at radius 1 is 1.00 bits per heavy atom. The van der Waals surface area contributed by atoms with Crippen molar-refractivity contribution < 1.29 is 4.68 Å². The van der Waals surface area contributed by atoms with E-state index in [1.807, 2.05) is 54.6 Å². The Balaban J connectivity index is 1.60. The third-order valence-electron chi connectivity index (χ3n) is 4.80. The Morgan fingerprint density at radius 2 is 1.83 bits per heavy atom. The molecule has 0 fully saturated rings. The van der Waals surface area contributed by atoms with Crippen molar-refractivity contribution in [2.75, 3.05) is 5.32 Å². The summed E-state index contributed by atoms with van der Waals surface area (Å²) in [5.74, 6) is 0.727. The van der Waals surface area contributed by atoms with Crippen molar-refractivity contribution >= 4 is 17.4 Å². The van der Waals surface area contributed by atoms with Gasteiger partial charge in [-0.3, -0.25) is 14.8 Å². The quantitative estimate of drug-likeness (QED) is 0.406. The molecule has 4 aromatic rings. The molecule has 0 saturated carbocycles. The van der Waals surface area contributed by atoms with Crippen LogP contribution < -0.4 is 15.6 Å². The largest absolute Gasteiger partial charge is 0.325 e. The SMILES string of the molecule is O=c1[nH]c(SCc2ccccc2)n[n+]2c1-c1ccccc1N[C@@H]2c1cccnc1. The van der Waals surface area contributed by atoms with E-state index in [1.54, 1.807) is 17.1 Å². The topological polar surface area (TPSA) is 74.6 Å². The van der Waals surface area contributed by atoms with Crippen LogP contribution >= 0.6 is 11.8 Å². The minimum absolute atomic E-state index is 0.154. The second-order valence-electron chi connectivity index (χ2n) is 6.71.